The topological polar surface area (TPSA) is 90.4 Å². The molecule has 0 radical (unpaired) electrons. The molecule has 162 valence electrons. The Morgan fingerprint density at radius 1 is 1.38 bits per heavy atom. The van der Waals surface area contributed by atoms with Crippen LogP contribution in [0.3, 0.4) is 0 Å². The van der Waals surface area contributed by atoms with E-state index in [2.05, 4.69) is 18.7 Å². The third kappa shape index (κ3) is 5.41. The molecule has 29 heavy (non-hydrogen) atoms. The van der Waals surface area contributed by atoms with Gasteiger partial charge in [-0.25, -0.2) is 4.68 Å². The minimum Gasteiger partial charge on any atom is -0.379 e. The molecule has 2 aliphatic rings. The van der Waals surface area contributed by atoms with Gasteiger partial charge < -0.3 is 10.5 Å². The van der Waals surface area contributed by atoms with Crippen LogP contribution in [-0.2, 0) is 16.0 Å². The number of rotatable bonds is 11. The van der Waals surface area contributed by atoms with E-state index in [1.165, 1.54) is 4.68 Å². The lowest BCUT2D eigenvalue weighted by Crippen LogP contribution is -2.52. The maximum absolute atomic E-state index is 12.9. The van der Waals surface area contributed by atoms with E-state index >= 15 is 0 Å². The molecule has 8 heteroatoms. The first-order valence-electron chi connectivity index (χ1n) is 10.5. The fourth-order valence-electron chi connectivity index (χ4n) is 4.06. The third-order valence-corrected chi connectivity index (χ3v) is 6.97. The molecular weight excluding hydrogens is 388 g/mol. The largest absolute Gasteiger partial charge is 0.379 e. The summed E-state index contributed by atoms with van der Waals surface area (Å²) in [6, 6.07) is 0.977. The number of carbonyl (C=O) groups is 1. The summed E-state index contributed by atoms with van der Waals surface area (Å²) in [7, 11) is 1.74. The van der Waals surface area contributed by atoms with Gasteiger partial charge in [-0.2, -0.15) is 16.9 Å². The lowest BCUT2D eigenvalue weighted by Gasteiger charge is -2.38. The standard InChI is InChI=1S/C21H34N4O3S/c1-13(2)9-18(29-4)20(21(22)27)25-19(26)10-16(14-5-6-14)17(23-25)7-8-24-11-15(12-24)28-3/h10,13-15,18,20H,5-9,11-12H2,1-4H3,(H2,22,27). The predicted octanol–water partition coefficient (Wildman–Crippen LogP) is 1.80. The van der Waals surface area contributed by atoms with Crippen LogP contribution in [0.5, 0.6) is 0 Å². The molecule has 0 aromatic carbocycles. The molecule has 1 saturated heterocycles. The highest BCUT2D eigenvalue weighted by atomic mass is 32.2. The molecule has 1 aromatic heterocycles. The van der Waals surface area contributed by atoms with Gasteiger partial charge in [0.2, 0.25) is 5.91 Å². The Morgan fingerprint density at radius 3 is 2.59 bits per heavy atom. The monoisotopic (exact) mass is 422 g/mol. The molecule has 3 rings (SSSR count). The van der Waals surface area contributed by atoms with Gasteiger partial charge in [-0.15, -0.1) is 0 Å². The summed E-state index contributed by atoms with van der Waals surface area (Å²) in [6.07, 6.45) is 6.05. The summed E-state index contributed by atoms with van der Waals surface area (Å²) in [5, 5.41) is 4.66. The second kappa shape index (κ2) is 9.62. The van der Waals surface area contributed by atoms with Crippen LogP contribution in [0.2, 0.25) is 0 Å². The third-order valence-electron chi connectivity index (χ3n) is 5.92. The minimum absolute atomic E-state index is 0.0739. The number of carbonyl (C=O) groups excluding carboxylic acids is 1. The number of ether oxygens (including phenoxy) is 1. The van der Waals surface area contributed by atoms with Gasteiger partial charge >= 0.3 is 0 Å². The van der Waals surface area contributed by atoms with Crippen molar-refractivity contribution in [2.24, 2.45) is 11.7 Å². The SMILES string of the molecule is COC1CN(CCc2nn(C(C(N)=O)C(CC(C)C)SC)c(=O)cc2C2CC2)C1. The van der Waals surface area contributed by atoms with Crippen LogP contribution in [0.1, 0.15) is 56.3 Å². The maximum Gasteiger partial charge on any atom is 0.267 e. The van der Waals surface area contributed by atoms with Gasteiger partial charge in [-0.3, -0.25) is 14.5 Å². The normalized spacial score (nSPS) is 19.9. The Kier molecular flexibility index (Phi) is 7.40. The van der Waals surface area contributed by atoms with Crippen molar-refractivity contribution in [1.29, 1.82) is 0 Å². The van der Waals surface area contributed by atoms with Crippen LogP contribution in [0, 0.1) is 5.92 Å². The first kappa shape index (κ1) is 22.3. The number of nitrogens with zero attached hydrogens (tertiary/aromatic N) is 3. The molecule has 2 N–H and O–H groups in total. The fraction of sp³-hybridized carbons (Fsp3) is 0.762. The van der Waals surface area contributed by atoms with Crippen LogP contribution >= 0.6 is 11.8 Å². The molecule has 2 heterocycles. The quantitative estimate of drug-likeness (QED) is 0.585. The highest BCUT2D eigenvalue weighted by molar-refractivity contribution is 7.99. The average Bonchev–Trinajstić information content (AvgIpc) is 3.46. The van der Waals surface area contributed by atoms with Gasteiger partial charge in [0.1, 0.15) is 6.04 Å². The first-order valence-corrected chi connectivity index (χ1v) is 11.8. The molecule has 0 bridgehead atoms. The second-order valence-electron chi connectivity index (χ2n) is 8.72. The highest BCUT2D eigenvalue weighted by Gasteiger charge is 2.34. The van der Waals surface area contributed by atoms with E-state index in [1.54, 1.807) is 24.9 Å². The minimum atomic E-state index is -0.728. The molecule has 2 unspecified atom stereocenters. The van der Waals surface area contributed by atoms with E-state index in [0.717, 1.165) is 56.6 Å². The number of methoxy groups -OCH3 is 1. The van der Waals surface area contributed by atoms with Crippen molar-refractivity contribution in [3.05, 3.63) is 27.7 Å². The van der Waals surface area contributed by atoms with Crippen molar-refractivity contribution in [1.82, 2.24) is 14.7 Å². The number of aromatic nitrogens is 2. The van der Waals surface area contributed by atoms with E-state index in [1.807, 2.05) is 6.26 Å². The number of hydrogen-bond donors (Lipinski definition) is 1. The van der Waals surface area contributed by atoms with E-state index in [-0.39, 0.29) is 10.8 Å². The van der Waals surface area contributed by atoms with Gasteiger partial charge in [-0.1, -0.05) is 13.8 Å². The van der Waals surface area contributed by atoms with Crippen molar-refractivity contribution in [2.45, 2.75) is 62.8 Å². The molecule has 1 saturated carbocycles. The summed E-state index contributed by atoms with van der Waals surface area (Å²) in [5.41, 5.74) is 7.53. The van der Waals surface area contributed by atoms with Crippen molar-refractivity contribution >= 4 is 17.7 Å². The Morgan fingerprint density at radius 2 is 2.07 bits per heavy atom. The highest BCUT2D eigenvalue weighted by Crippen LogP contribution is 2.41. The average molecular weight is 423 g/mol. The Balaban J connectivity index is 1.87. The van der Waals surface area contributed by atoms with Crippen LogP contribution < -0.4 is 11.3 Å². The summed E-state index contributed by atoms with van der Waals surface area (Å²) in [4.78, 5) is 27.6. The van der Waals surface area contributed by atoms with Crippen molar-refractivity contribution in [3.63, 3.8) is 0 Å². The number of thioether (sulfide) groups is 1. The summed E-state index contributed by atoms with van der Waals surface area (Å²) >= 11 is 1.58. The van der Waals surface area contributed by atoms with Gasteiger partial charge in [0.15, 0.2) is 0 Å². The zero-order valence-corrected chi connectivity index (χ0v) is 18.8. The summed E-state index contributed by atoms with van der Waals surface area (Å²) in [5.74, 6) is 0.341. The smallest absolute Gasteiger partial charge is 0.267 e. The molecule has 1 aliphatic heterocycles. The van der Waals surface area contributed by atoms with Gasteiger partial charge in [0.05, 0.1) is 11.8 Å². The summed E-state index contributed by atoms with van der Waals surface area (Å²) in [6.45, 7) is 6.96. The predicted molar refractivity (Wildman–Crippen MR) is 116 cm³/mol. The summed E-state index contributed by atoms with van der Waals surface area (Å²) < 4.78 is 6.71. The van der Waals surface area contributed by atoms with E-state index in [9.17, 15) is 9.59 Å². The number of amides is 1. The number of hydrogen-bond acceptors (Lipinski definition) is 6. The molecular formula is C21H34N4O3S. The Bertz CT molecular complexity index is 772. The van der Waals surface area contributed by atoms with Crippen molar-refractivity contribution < 1.29 is 9.53 Å². The zero-order chi connectivity index (χ0) is 21.1. The molecule has 2 fully saturated rings. The van der Waals surface area contributed by atoms with E-state index in [0.29, 0.717) is 17.9 Å². The van der Waals surface area contributed by atoms with Gasteiger partial charge in [-0.05, 0) is 42.9 Å². The fourth-order valence-corrected chi connectivity index (χ4v) is 5.14. The van der Waals surface area contributed by atoms with Crippen molar-refractivity contribution in [2.75, 3.05) is 33.0 Å². The molecule has 1 aromatic rings. The first-order chi connectivity index (χ1) is 13.8. The lowest BCUT2D eigenvalue weighted by atomic mass is 10.0. The molecule has 2 atom stereocenters. The van der Waals surface area contributed by atoms with Crippen molar-refractivity contribution in [3.8, 4) is 0 Å². The molecule has 0 spiro atoms. The van der Waals surface area contributed by atoms with Gasteiger partial charge in [0, 0.05) is 44.5 Å². The molecule has 7 nitrogen and oxygen atoms in total. The number of likely N-dealkylation sites (tertiary alicyclic amines) is 1. The second-order valence-corrected chi connectivity index (χ2v) is 9.80. The van der Waals surface area contributed by atoms with Gasteiger partial charge in [0.25, 0.3) is 5.56 Å². The number of nitrogens with two attached hydrogens (primary N) is 1. The number of primary amides is 1. The van der Waals surface area contributed by atoms with E-state index in [4.69, 9.17) is 15.6 Å². The van der Waals surface area contributed by atoms with Crippen LogP contribution in [0.25, 0.3) is 0 Å². The van der Waals surface area contributed by atoms with Crippen LogP contribution in [-0.4, -0.2) is 64.9 Å². The van der Waals surface area contributed by atoms with Crippen LogP contribution in [0.15, 0.2) is 10.9 Å². The van der Waals surface area contributed by atoms with Crippen LogP contribution in [0.4, 0.5) is 0 Å². The molecule has 1 amide bonds. The van der Waals surface area contributed by atoms with E-state index < -0.39 is 11.9 Å². The molecule has 1 aliphatic carbocycles. The lowest BCUT2D eigenvalue weighted by molar-refractivity contribution is -0.121. The zero-order valence-electron chi connectivity index (χ0n) is 18.0. The maximum atomic E-state index is 12.9. The Hall–Kier alpha value is -1.38. The Labute approximate surface area is 177 Å².